The zero-order valence-electron chi connectivity index (χ0n) is 6.70. The molecule has 0 bridgehead atoms. The van der Waals surface area contributed by atoms with E-state index in [1.165, 1.54) is 0 Å². The fourth-order valence-electron chi connectivity index (χ4n) is 1.13. The van der Waals surface area contributed by atoms with Crippen LogP contribution in [0.25, 0.3) is 16.9 Å². The predicted molar refractivity (Wildman–Crippen MR) is 48.5 cm³/mol. The molecule has 0 aliphatic carbocycles. The first-order chi connectivity index (χ1) is 6.16. The molecular weight excluding hydrogens is 170 g/mol. The highest BCUT2D eigenvalue weighted by molar-refractivity contribution is 5.76. The van der Waals surface area contributed by atoms with Crippen LogP contribution in [0.5, 0.6) is 0 Å². The molecule has 4 heteroatoms. The van der Waals surface area contributed by atoms with E-state index < -0.39 is 5.76 Å². The van der Waals surface area contributed by atoms with Crippen molar-refractivity contribution >= 4 is 16.9 Å². The van der Waals surface area contributed by atoms with Crippen molar-refractivity contribution in [3.05, 3.63) is 40.9 Å². The summed E-state index contributed by atoms with van der Waals surface area (Å²) < 4.78 is 4.78. The van der Waals surface area contributed by atoms with Gasteiger partial charge in [-0.05, 0) is 18.2 Å². The van der Waals surface area contributed by atoms with Crippen molar-refractivity contribution in [3.8, 4) is 0 Å². The summed E-state index contributed by atoms with van der Waals surface area (Å²) >= 11 is 0. The normalized spacial score (nSPS) is 10.5. The van der Waals surface area contributed by atoms with Crippen LogP contribution in [0.3, 0.4) is 0 Å². The lowest BCUT2D eigenvalue weighted by atomic mass is 10.2. The topological polar surface area (TPSA) is 66.2 Å². The number of hydrogen-bond donors (Lipinski definition) is 2. The van der Waals surface area contributed by atoms with Crippen LogP contribution in [0.1, 0.15) is 5.56 Å². The highest BCUT2D eigenvalue weighted by atomic mass is 16.4. The summed E-state index contributed by atoms with van der Waals surface area (Å²) in [5.41, 5.74) is 1.58. The summed E-state index contributed by atoms with van der Waals surface area (Å²) in [6, 6.07) is 4.83. The van der Waals surface area contributed by atoms with Gasteiger partial charge in [-0.3, -0.25) is 4.98 Å². The number of aromatic amines is 1. The van der Waals surface area contributed by atoms with Crippen molar-refractivity contribution in [1.82, 2.24) is 4.98 Å². The third-order valence-electron chi connectivity index (χ3n) is 1.75. The predicted octanol–water partition coefficient (Wildman–Crippen LogP) is 1.65. The van der Waals surface area contributed by atoms with E-state index in [2.05, 4.69) is 11.6 Å². The maximum atomic E-state index is 10.8. The zero-order valence-corrected chi connectivity index (χ0v) is 6.70. The molecule has 4 nitrogen and oxygen atoms in total. The molecule has 0 amide bonds. The summed E-state index contributed by atoms with van der Waals surface area (Å²) in [6.45, 7) is 3.37. The van der Waals surface area contributed by atoms with Gasteiger partial charge in [-0.2, -0.15) is 0 Å². The Hall–Kier alpha value is -1.97. The maximum absolute atomic E-state index is 10.8. The summed E-state index contributed by atoms with van der Waals surface area (Å²) in [5, 5.41) is 9.07. The Morgan fingerprint density at radius 2 is 2.31 bits per heavy atom. The van der Waals surface area contributed by atoms with Gasteiger partial charge >= 0.3 is 5.76 Å². The fourth-order valence-corrected chi connectivity index (χ4v) is 1.13. The van der Waals surface area contributed by atoms with Gasteiger partial charge in [-0.15, -0.1) is 0 Å². The van der Waals surface area contributed by atoms with E-state index in [1.54, 1.807) is 18.2 Å². The minimum absolute atomic E-state index is 0.0380. The van der Waals surface area contributed by atoms with E-state index in [0.29, 0.717) is 16.7 Å². The SMILES string of the molecule is C=C(O)c1ccc2oc(=O)[nH]c2c1. The summed E-state index contributed by atoms with van der Waals surface area (Å²) in [5.74, 6) is -0.542. The second kappa shape index (κ2) is 2.52. The smallest absolute Gasteiger partial charge is 0.417 e. The average molecular weight is 177 g/mol. The minimum Gasteiger partial charge on any atom is -0.508 e. The molecule has 2 rings (SSSR count). The third kappa shape index (κ3) is 1.22. The molecule has 0 fully saturated rings. The number of benzene rings is 1. The highest BCUT2D eigenvalue weighted by Crippen LogP contribution is 2.15. The van der Waals surface area contributed by atoms with Gasteiger partial charge in [0.25, 0.3) is 0 Å². The van der Waals surface area contributed by atoms with Crippen LogP contribution in [0.2, 0.25) is 0 Å². The van der Waals surface area contributed by atoms with E-state index in [0.717, 1.165) is 0 Å². The van der Waals surface area contributed by atoms with Crippen LogP contribution < -0.4 is 5.76 Å². The van der Waals surface area contributed by atoms with E-state index in [9.17, 15) is 4.79 Å². The molecule has 0 atom stereocenters. The van der Waals surface area contributed by atoms with Crippen LogP contribution in [0.15, 0.2) is 34.0 Å². The number of aliphatic hydroxyl groups excluding tert-OH is 1. The fraction of sp³-hybridized carbons (Fsp3) is 0. The zero-order chi connectivity index (χ0) is 9.42. The Balaban J connectivity index is 2.74. The Morgan fingerprint density at radius 3 is 3.00 bits per heavy atom. The maximum Gasteiger partial charge on any atom is 0.417 e. The van der Waals surface area contributed by atoms with Crippen LogP contribution >= 0.6 is 0 Å². The van der Waals surface area contributed by atoms with Gasteiger partial charge in [0, 0.05) is 5.56 Å². The molecule has 1 heterocycles. The number of rotatable bonds is 1. The highest BCUT2D eigenvalue weighted by Gasteiger charge is 2.02. The van der Waals surface area contributed by atoms with E-state index in [4.69, 9.17) is 9.52 Å². The molecule has 2 N–H and O–H groups in total. The Morgan fingerprint density at radius 1 is 1.54 bits per heavy atom. The third-order valence-corrected chi connectivity index (χ3v) is 1.75. The first kappa shape index (κ1) is 7.67. The van der Waals surface area contributed by atoms with Crippen LogP contribution in [-0.4, -0.2) is 10.1 Å². The first-order valence-corrected chi connectivity index (χ1v) is 3.68. The summed E-state index contributed by atoms with van der Waals surface area (Å²) in [6.07, 6.45) is 0. The van der Waals surface area contributed by atoms with Crippen LogP contribution in [0, 0.1) is 0 Å². The standard InChI is InChI=1S/C9H7NO3/c1-5(11)6-2-3-8-7(4-6)10-9(12)13-8/h2-4,11H,1H2,(H,10,12). The second-order valence-electron chi connectivity index (χ2n) is 2.67. The first-order valence-electron chi connectivity index (χ1n) is 3.68. The minimum atomic E-state index is -0.504. The Bertz CT molecular complexity index is 521. The van der Waals surface area contributed by atoms with Gasteiger partial charge in [0.15, 0.2) is 5.58 Å². The molecule has 0 spiro atoms. The Labute approximate surface area is 73.1 Å². The molecular formula is C9H7NO3. The molecule has 66 valence electrons. The molecule has 0 aliphatic rings. The number of H-pyrrole nitrogens is 1. The van der Waals surface area contributed by atoms with Gasteiger partial charge < -0.3 is 9.52 Å². The molecule has 0 saturated carbocycles. The van der Waals surface area contributed by atoms with Gasteiger partial charge in [-0.25, -0.2) is 4.79 Å². The lowest BCUT2D eigenvalue weighted by Gasteiger charge is -1.95. The van der Waals surface area contributed by atoms with E-state index >= 15 is 0 Å². The lowest BCUT2D eigenvalue weighted by molar-refractivity contribution is 0.514. The van der Waals surface area contributed by atoms with Crippen molar-refractivity contribution in [3.63, 3.8) is 0 Å². The van der Waals surface area contributed by atoms with Gasteiger partial charge in [0.1, 0.15) is 5.76 Å². The number of oxazole rings is 1. The van der Waals surface area contributed by atoms with Crippen LogP contribution in [0.4, 0.5) is 0 Å². The summed E-state index contributed by atoms with van der Waals surface area (Å²) in [4.78, 5) is 13.2. The van der Waals surface area contributed by atoms with Crippen LogP contribution in [-0.2, 0) is 0 Å². The number of fused-ring (bicyclic) bond motifs is 1. The van der Waals surface area contributed by atoms with Crippen molar-refractivity contribution in [1.29, 1.82) is 0 Å². The molecule has 0 radical (unpaired) electrons. The van der Waals surface area contributed by atoms with Crippen molar-refractivity contribution in [2.24, 2.45) is 0 Å². The van der Waals surface area contributed by atoms with Crippen molar-refractivity contribution < 1.29 is 9.52 Å². The number of hydrogen-bond acceptors (Lipinski definition) is 3. The quantitative estimate of drug-likeness (QED) is 0.651. The van der Waals surface area contributed by atoms with Gasteiger partial charge in [-0.1, -0.05) is 6.58 Å². The van der Waals surface area contributed by atoms with Gasteiger partial charge in [0.2, 0.25) is 0 Å². The number of aromatic nitrogens is 1. The monoisotopic (exact) mass is 177 g/mol. The number of nitrogens with one attached hydrogen (secondary N) is 1. The summed E-state index contributed by atoms with van der Waals surface area (Å²) in [7, 11) is 0. The molecule has 1 aromatic heterocycles. The molecule has 1 aromatic carbocycles. The Kier molecular flexibility index (Phi) is 1.48. The molecule has 0 unspecified atom stereocenters. The van der Waals surface area contributed by atoms with Gasteiger partial charge in [0.05, 0.1) is 5.52 Å². The molecule has 2 aromatic rings. The number of aliphatic hydroxyl groups is 1. The lowest BCUT2D eigenvalue weighted by Crippen LogP contribution is -1.92. The average Bonchev–Trinajstić information content (AvgIpc) is 2.42. The van der Waals surface area contributed by atoms with Crippen molar-refractivity contribution in [2.45, 2.75) is 0 Å². The van der Waals surface area contributed by atoms with E-state index in [-0.39, 0.29) is 5.76 Å². The molecule has 0 aliphatic heterocycles. The second-order valence-corrected chi connectivity index (χ2v) is 2.67. The molecule has 0 saturated heterocycles. The van der Waals surface area contributed by atoms with Crippen molar-refractivity contribution in [2.75, 3.05) is 0 Å². The largest absolute Gasteiger partial charge is 0.508 e. The van der Waals surface area contributed by atoms with E-state index in [1.807, 2.05) is 0 Å². The molecule has 13 heavy (non-hydrogen) atoms.